The van der Waals surface area contributed by atoms with Gasteiger partial charge in [0.15, 0.2) is 0 Å². The highest BCUT2D eigenvalue weighted by Gasteiger charge is 2.36. The smallest absolute Gasteiger partial charge is 0.0237 e. The molecule has 1 N–H and O–H groups in total. The summed E-state index contributed by atoms with van der Waals surface area (Å²) in [5.74, 6) is 1.86. The van der Waals surface area contributed by atoms with Crippen molar-refractivity contribution < 1.29 is 0 Å². The van der Waals surface area contributed by atoms with E-state index in [1.807, 2.05) is 0 Å². The Kier molecular flexibility index (Phi) is 1.90. The molecule has 0 aromatic heterocycles. The number of piperidine rings is 1. The summed E-state index contributed by atoms with van der Waals surface area (Å²) in [6.07, 6.45) is 1.37. The van der Waals surface area contributed by atoms with Gasteiger partial charge in [0.25, 0.3) is 0 Å². The Balaban J connectivity index is 2.03. The van der Waals surface area contributed by atoms with E-state index in [-0.39, 0.29) is 0 Å². The SMILES string of the molecule is CC1CCN[C@@H]2CN(C)C[C@H]12. The van der Waals surface area contributed by atoms with Gasteiger partial charge < -0.3 is 10.2 Å². The van der Waals surface area contributed by atoms with Crippen LogP contribution in [-0.2, 0) is 0 Å². The van der Waals surface area contributed by atoms with E-state index < -0.39 is 0 Å². The van der Waals surface area contributed by atoms with Gasteiger partial charge in [-0.3, -0.25) is 0 Å². The van der Waals surface area contributed by atoms with Gasteiger partial charge in [-0.15, -0.1) is 0 Å². The van der Waals surface area contributed by atoms with Gasteiger partial charge in [-0.05, 0) is 31.8 Å². The molecule has 11 heavy (non-hydrogen) atoms. The molecule has 0 radical (unpaired) electrons. The van der Waals surface area contributed by atoms with E-state index in [0.717, 1.165) is 17.9 Å². The summed E-state index contributed by atoms with van der Waals surface area (Å²) in [7, 11) is 2.23. The highest BCUT2D eigenvalue weighted by molar-refractivity contribution is 4.93. The molecule has 2 heteroatoms. The molecule has 2 heterocycles. The van der Waals surface area contributed by atoms with Crippen molar-refractivity contribution in [2.45, 2.75) is 19.4 Å². The average Bonchev–Trinajstić information content (AvgIpc) is 2.31. The molecule has 2 nitrogen and oxygen atoms in total. The minimum absolute atomic E-state index is 0.795. The zero-order valence-corrected chi connectivity index (χ0v) is 7.51. The second kappa shape index (κ2) is 2.76. The molecule has 3 atom stereocenters. The molecule has 0 spiro atoms. The van der Waals surface area contributed by atoms with Gasteiger partial charge >= 0.3 is 0 Å². The van der Waals surface area contributed by atoms with Crippen molar-refractivity contribution in [3.63, 3.8) is 0 Å². The van der Waals surface area contributed by atoms with E-state index in [2.05, 4.69) is 24.2 Å². The van der Waals surface area contributed by atoms with Gasteiger partial charge in [-0.25, -0.2) is 0 Å². The first kappa shape index (κ1) is 7.56. The summed E-state index contributed by atoms with van der Waals surface area (Å²) in [6.45, 7) is 6.20. The highest BCUT2D eigenvalue weighted by Crippen LogP contribution is 2.28. The van der Waals surface area contributed by atoms with Crippen LogP contribution >= 0.6 is 0 Å². The largest absolute Gasteiger partial charge is 0.312 e. The zero-order chi connectivity index (χ0) is 7.84. The van der Waals surface area contributed by atoms with Gasteiger partial charge in [0, 0.05) is 19.1 Å². The fourth-order valence-electron chi connectivity index (χ4n) is 2.54. The lowest BCUT2D eigenvalue weighted by atomic mass is 9.84. The minimum atomic E-state index is 0.795. The van der Waals surface area contributed by atoms with Crippen LogP contribution in [0.25, 0.3) is 0 Å². The lowest BCUT2D eigenvalue weighted by molar-refractivity contribution is 0.246. The van der Waals surface area contributed by atoms with Crippen molar-refractivity contribution in [2.24, 2.45) is 11.8 Å². The molecule has 2 aliphatic heterocycles. The summed E-state index contributed by atoms with van der Waals surface area (Å²) in [5, 5.41) is 3.60. The van der Waals surface area contributed by atoms with Crippen LogP contribution < -0.4 is 5.32 Å². The molecule has 2 fully saturated rings. The maximum Gasteiger partial charge on any atom is 0.0237 e. The van der Waals surface area contributed by atoms with Crippen molar-refractivity contribution in [3.8, 4) is 0 Å². The van der Waals surface area contributed by atoms with Crippen LogP contribution in [0.5, 0.6) is 0 Å². The van der Waals surface area contributed by atoms with E-state index in [1.165, 1.54) is 26.1 Å². The molecule has 0 aromatic carbocycles. The van der Waals surface area contributed by atoms with Gasteiger partial charge in [0.1, 0.15) is 0 Å². The molecule has 2 saturated heterocycles. The van der Waals surface area contributed by atoms with Crippen LogP contribution in [0.2, 0.25) is 0 Å². The van der Waals surface area contributed by atoms with E-state index in [4.69, 9.17) is 0 Å². The summed E-state index contributed by atoms with van der Waals surface area (Å²) >= 11 is 0. The molecule has 2 aliphatic rings. The number of likely N-dealkylation sites (N-methyl/N-ethyl adjacent to an activating group) is 1. The molecule has 0 aliphatic carbocycles. The fourth-order valence-corrected chi connectivity index (χ4v) is 2.54. The third-order valence-corrected chi connectivity index (χ3v) is 3.28. The number of hydrogen-bond donors (Lipinski definition) is 1. The molecule has 0 amide bonds. The lowest BCUT2D eigenvalue weighted by Crippen LogP contribution is -2.44. The van der Waals surface area contributed by atoms with Crippen LogP contribution in [0.15, 0.2) is 0 Å². The van der Waals surface area contributed by atoms with Gasteiger partial charge in [-0.2, -0.15) is 0 Å². The second-order valence-corrected chi connectivity index (χ2v) is 4.21. The average molecular weight is 154 g/mol. The van der Waals surface area contributed by atoms with Gasteiger partial charge in [-0.1, -0.05) is 6.92 Å². The normalized spacial score (nSPS) is 45.8. The standard InChI is InChI=1S/C9H18N2/c1-7-3-4-10-9-6-11(2)5-8(7)9/h7-10H,3-6H2,1-2H3/t7?,8-,9-/m1/s1. The number of fused-ring (bicyclic) bond motifs is 1. The topological polar surface area (TPSA) is 15.3 Å². The quantitative estimate of drug-likeness (QED) is 0.548. The zero-order valence-electron chi connectivity index (χ0n) is 7.51. The van der Waals surface area contributed by atoms with Gasteiger partial charge in [0.2, 0.25) is 0 Å². The van der Waals surface area contributed by atoms with Crippen LogP contribution in [0.1, 0.15) is 13.3 Å². The summed E-state index contributed by atoms with van der Waals surface area (Å²) in [5.41, 5.74) is 0. The molecule has 2 rings (SSSR count). The van der Waals surface area contributed by atoms with Gasteiger partial charge in [0.05, 0.1) is 0 Å². The lowest BCUT2D eigenvalue weighted by Gasteiger charge is -2.31. The van der Waals surface area contributed by atoms with Crippen molar-refractivity contribution in [1.29, 1.82) is 0 Å². The Morgan fingerprint density at radius 3 is 2.91 bits per heavy atom. The minimum Gasteiger partial charge on any atom is -0.312 e. The predicted octanol–water partition coefficient (Wildman–Crippen LogP) is 0.546. The maximum absolute atomic E-state index is 3.60. The predicted molar refractivity (Wildman–Crippen MR) is 46.6 cm³/mol. The number of nitrogens with one attached hydrogen (secondary N) is 1. The van der Waals surface area contributed by atoms with E-state index in [0.29, 0.717) is 0 Å². The Labute approximate surface area is 69.0 Å². The highest BCUT2D eigenvalue weighted by atomic mass is 15.2. The van der Waals surface area contributed by atoms with Crippen molar-refractivity contribution in [1.82, 2.24) is 10.2 Å². The molecular formula is C9H18N2. The third kappa shape index (κ3) is 1.30. The Morgan fingerprint density at radius 2 is 2.18 bits per heavy atom. The first-order valence-corrected chi connectivity index (χ1v) is 4.69. The Hall–Kier alpha value is -0.0800. The van der Waals surface area contributed by atoms with Crippen LogP contribution in [0, 0.1) is 11.8 Å². The van der Waals surface area contributed by atoms with Crippen LogP contribution in [0.3, 0.4) is 0 Å². The summed E-state index contributed by atoms with van der Waals surface area (Å²) in [6, 6.07) is 0.795. The van der Waals surface area contributed by atoms with E-state index in [1.54, 1.807) is 0 Å². The van der Waals surface area contributed by atoms with E-state index >= 15 is 0 Å². The Morgan fingerprint density at radius 1 is 1.36 bits per heavy atom. The molecular weight excluding hydrogens is 136 g/mol. The molecule has 0 bridgehead atoms. The first-order chi connectivity index (χ1) is 5.27. The third-order valence-electron chi connectivity index (χ3n) is 3.28. The number of rotatable bonds is 0. The number of likely N-dealkylation sites (tertiary alicyclic amines) is 1. The van der Waals surface area contributed by atoms with Crippen LogP contribution in [-0.4, -0.2) is 37.6 Å². The Bertz CT molecular complexity index is 146. The maximum atomic E-state index is 3.60. The van der Waals surface area contributed by atoms with Crippen molar-refractivity contribution in [3.05, 3.63) is 0 Å². The second-order valence-electron chi connectivity index (χ2n) is 4.21. The number of hydrogen-bond acceptors (Lipinski definition) is 2. The molecule has 0 aromatic rings. The summed E-state index contributed by atoms with van der Waals surface area (Å²) in [4.78, 5) is 2.45. The van der Waals surface area contributed by atoms with Crippen LogP contribution in [0.4, 0.5) is 0 Å². The molecule has 0 saturated carbocycles. The van der Waals surface area contributed by atoms with Crippen molar-refractivity contribution in [2.75, 3.05) is 26.7 Å². The molecule has 64 valence electrons. The fraction of sp³-hybridized carbons (Fsp3) is 1.00. The monoisotopic (exact) mass is 154 g/mol. The van der Waals surface area contributed by atoms with Crippen molar-refractivity contribution >= 4 is 0 Å². The molecule has 1 unspecified atom stereocenters. The first-order valence-electron chi connectivity index (χ1n) is 4.69. The van der Waals surface area contributed by atoms with E-state index in [9.17, 15) is 0 Å². The summed E-state index contributed by atoms with van der Waals surface area (Å²) < 4.78 is 0. The number of nitrogens with zero attached hydrogens (tertiary/aromatic N) is 1.